The molecule has 0 aromatic heterocycles. The van der Waals surface area contributed by atoms with Gasteiger partial charge in [0.1, 0.15) is 11.2 Å². The van der Waals surface area contributed by atoms with Crippen LogP contribution in [0.4, 0.5) is 4.39 Å². The Balaban J connectivity index is 0.00000204. The summed E-state index contributed by atoms with van der Waals surface area (Å²) < 4.78 is 13.8. The molecule has 0 amide bonds. The lowest BCUT2D eigenvalue weighted by molar-refractivity contribution is 0.602. The largest absolute Gasteiger partial charge is 0.206 e. The molecule has 2 rings (SSSR count). The molecule has 2 aromatic carbocycles. The van der Waals surface area contributed by atoms with Crippen LogP contribution in [-0.2, 0) is 0 Å². The van der Waals surface area contributed by atoms with Crippen LogP contribution in [0.15, 0.2) is 65.1 Å². The Labute approximate surface area is 178 Å². The van der Waals surface area contributed by atoms with Crippen LogP contribution in [0.2, 0.25) is 0 Å². The molecule has 0 atom stereocenters. The minimum Gasteiger partial charge on any atom is -0.206 e. The number of hydrogen-bond acceptors (Lipinski definition) is 2. The second-order valence-electron chi connectivity index (χ2n) is 5.98. The second-order valence-corrected chi connectivity index (χ2v) is 6.81. The first-order valence-electron chi connectivity index (χ1n) is 9.29. The number of nitriles is 1. The van der Waals surface area contributed by atoms with Gasteiger partial charge < -0.3 is 0 Å². The van der Waals surface area contributed by atoms with E-state index < -0.39 is 5.82 Å². The Morgan fingerprint density at radius 1 is 1.03 bits per heavy atom. The first-order valence-corrected chi connectivity index (χ1v) is 10.1. The lowest BCUT2D eigenvalue weighted by Crippen LogP contribution is -1.85. The average Bonchev–Trinajstić information content (AvgIpc) is 2.73. The van der Waals surface area contributed by atoms with E-state index in [-0.39, 0.29) is 0 Å². The zero-order chi connectivity index (χ0) is 21.6. The molecule has 2 aromatic rings. The highest BCUT2D eigenvalue weighted by atomic mass is 32.2. The number of allylic oxidation sites excluding steroid dienone is 4. The minimum absolute atomic E-state index is 0.302. The van der Waals surface area contributed by atoms with Gasteiger partial charge in [-0.05, 0) is 67.1 Å². The van der Waals surface area contributed by atoms with Crippen LogP contribution < -0.4 is 0 Å². The van der Waals surface area contributed by atoms with Crippen LogP contribution in [-0.4, -0.2) is 0 Å². The summed E-state index contributed by atoms with van der Waals surface area (Å²) in [6, 6.07) is 12.4. The van der Waals surface area contributed by atoms with E-state index in [9.17, 15) is 4.39 Å². The van der Waals surface area contributed by atoms with Crippen molar-refractivity contribution in [2.24, 2.45) is 0 Å². The molecule has 0 aliphatic carbocycles. The van der Waals surface area contributed by atoms with Crippen molar-refractivity contribution in [3.8, 4) is 29.6 Å². The quantitative estimate of drug-likeness (QED) is 0.234. The maximum absolute atomic E-state index is 13.8. The molecule has 0 radical (unpaired) electrons. The third-order valence-corrected chi connectivity index (χ3v) is 4.25. The van der Waals surface area contributed by atoms with Gasteiger partial charge in [0, 0.05) is 17.5 Å². The topological polar surface area (TPSA) is 23.8 Å². The molecule has 0 saturated carbocycles. The predicted molar refractivity (Wildman–Crippen MR) is 122 cm³/mol. The summed E-state index contributed by atoms with van der Waals surface area (Å²) in [5, 5.41) is 10.5. The first-order chi connectivity index (χ1) is 14.0. The molecule has 0 aliphatic heterocycles. The van der Waals surface area contributed by atoms with Gasteiger partial charge in [-0.2, -0.15) is 5.26 Å². The maximum Gasteiger partial charge on any atom is 0.139 e. The van der Waals surface area contributed by atoms with Gasteiger partial charge in [0.25, 0.3) is 0 Å². The normalized spacial score (nSPS) is 9.69. The molecule has 0 heterocycles. The number of benzene rings is 2. The van der Waals surface area contributed by atoms with E-state index in [4.69, 9.17) is 11.7 Å². The van der Waals surface area contributed by atoms with Crippen LogP contribution >= 0.6 is 11.8 Å². The van der Waals surface area contributed by atoms with Gasteiger partial charge in [0.05, 0.1) is 4.90 Å². The molecular weight excluding hydrogens is 377 g/mol. The predicted octanol–water partition coefficient (Wildman–Crippen LogP) is 7.20. The summed E-state index contributed by atoms with van der Waals surface area (Å²) in [6.45, 7) is 8.08. The highest BCUT2D eigenvalue weighted by Crippen LogP contribution is 2.21. The third kappa shape index (κ3) is 8.15. The lowest BCUT2D eigenvalue weighted by Gasteiger charge is -2.04. The summed E-state index contributed by atoms with van der Waals surface area (Å²) in [7, 11) is 0. The summed E-state index contributed by atoms with van der Waals surface area (Å²) >= 11 is 0.798. The Hall–Kier alpha value is -3.19. The Morgan fingerprint density at radius 2 is 1.66 bits per heavy atom. The standard InChI is InChI=1S/C24H18FNS.C2H6/c1-4-5-21(12-6-18(2)3)22-13-9-19(10-14-22)7-8-20-11-15-24(27-17-26)23(25)16-20;1-2/h1,6,9-16H,5H2,2-3H3;1-2H3/b21-12+;. The highest BCUT2D eigenvalue weighted by Gasteiger charge is 2.03. The molecule has 0 N–H and O–H groups in total. The third-order valence-electron chi connectivity index (χ3n) is 3.60. The summed E-state index contributed by atoms with van der Waals surface area (Å²) in [5.41, 5.74) is 4.73. The molecule has 0 aliphatic rings. The van der Waals surface area contributed by atoms with Crippen molar-refractivity contribution in [2.45, 2.75) is 39.0 Å². The Bertz CT molecular complexity index is 1020. The van der Waals surface area contributed by atoms with Gasteiger partial charge in [-0.25, -0.2) is 4.39 Å². The van der Waals surface area contributed by atoms with Crippen molar-refractivity contribution in [3.63, 3.8) is 0 Å². The fraction of sp³-hybridized carbons (Fsp3) is 0.192. The maximum atomic E-state index is 13.8. The van der Waals surface area contributed by atoms with Gasteiger partial charge >= 0.3 is 0 Å². The molecule has 146 valence electrons. The molecule has 0 fully saturated rings. The molecule has 3 heteroatoms. The van der Waals surface area contributed by atoms with Crippen molar-refractivity contribution >= 4 is 17.3 Å². The zero-order valence-electron chi connectivity index (χ0n) is 17.2. The number of rotatable bonds is 4. The van der Waals surface area contributed by atoms with Crippen LogP contribution in [0.5, 0.6) is 0 Å². The van der Waals surface area contributed by atoms with E-state index >= 15 is 0 Å². The van der Waals surface area contributed by atoms with Gasteiger partial charge in [0.15, 0.2) is 0 Å². The summed E-state index contributed by atoms with van der Waals surface area (Å²) in [5.74, 6) is 8.22. The number of halogens is 1. The van der Waals surface area contributed by atoms with E-state index in [2.05, 4.69) is 17.8 Å². The van der Waals surface area contributed by atoms with Crippen molar-refractivity contribution in [2.75, 3.05) is 0 Å². The fourth-order valence-electron chi connectivity index (χ4n) is 2.26. The van der Waals surface area contributed by atoms with Gasteiger partial charge in [-0.3, -0.25) is 0 Å². The van der Waals surface area contributed by atoms with Crippen LogP contribution in [0.3, 0.4) is 0 Å². The number of thioether (sulfide) groups is 1. The van der Waals surface area contributed by atoms with E-state index in [1.54, 1.807) is 12.1 Å². The van der Waals surface area contributed by atoms with Gasteiger partial charge in [-0.1, -0.05) is 55.5 Å². The van der Waals surface area contributed by atoms with Crippen molar-refractivity contribution < 1.29 is 4.39 Å². The Kier molecular flexibility index (Phi) is 10.7. The van der Waals surface area contributed by atoms with Crippen molar-refractivity contribution in [1.82, 2.24) is 0 Å². The van der Waals surface area contributed by atoms with Crippen LogP contribution in [0.1, 0.15) is 50.8 Å². The van der Waals surface area contributed by atoms with E-state index in [1.807, 2.05) is 69.5 Å². The average molecular weight is 402 g/mol. The second kappa shape index (κ2) is 13.1. The molecule has 0 saturated heterocycles. The monoisotopic (exact) mass is 401 g/mol. The van der Waals surface area contributed by atoms with Crippen molar-refractivity contribution in [1.29, 1.82) is 5.26 Å². The lowest BCUT2D eigenvalue weighted by atomic mass is 10.0. The van der Waals surface area contributed by atoms with E-state index in [0.29, 0.717) is 16.9 Å². The van der Waals surface area contributed by atoms with Gasteiger partial charge in [0.2, 0.25) is 0 Å². The molecule has 0 bridgehead atoms. The van der Waals surface area contributed by atoms with Crippen molar-refractivity contribution in [3.05, 3.63) is 82.7 Å². The molecule has 1 nitrogen and oxygen atoms in total. The number of nitrogens with zero attached hydrogens (tertiary/aromatic N) is 1. The van der Waals surface area contributed by atoms with Crippen LogP contribution in [0.25, 0.3) is 5.57 Å². The first kappa shape index (κ1) is 23.8. The molecule has 0 spiro atoms. The SMILES string of the molecule is C#CC/C(=C\C=C(C)C)c1ccc(C#Cc2ccc(SC#N)c(F)c2)cc1.CC. The fourth-order valence-corrected chi connectivity index (χ4v) is 2.65. The molecular formula is C26H24FNS. The van der Waals surface area contributed by atoms with Crippen LogP contribution in [0, 0.1) is 40.7 Å². The summed E-state index contributed by atoms with van der Waals surface area (Å²) in [4.78, 5) is 0.302. The molecule has 29 heavy (non-hydrogen) atoms. The van der Waals surface area contributed by atoms with E-state index in [0.717, 1.165) is 28.5 Å². The Morgan fingerprint density at radius 3 is 2.21 bits per heavy atom. The number of thiocyanates is 1. The molecule has 0 unspecified atom stereocenters. The number of hydrogen-bond donors (Lipinski definition) is 0. The highest BCUT2D eigenvalue weighted by molar-refractivity contribution is 8.03. The number of terminal acetylenes is 1. The van der Waals surface area contributed by atoms with Gasteiger partial charge in [-0.15, -0.1) is 12.3 Å². The smallest absolute Gasteiger partial charge is 0.139 e. The summed E-state index contributed by atoms with van der Waals surface area (Å²) in [6.07, 6.45) is 10.1. The van der Waals surface area contributed by atoms with E-state index in [1.165, 1.54) is 11.6 Å². The zero-order valence-corrected chi connectivity index (χ0v) is 18.0. The minimum atomic E-state index is -0.438.